The molecule has 2 aromatic carbocycles. The number of thioether (sulfide) groups is 1. The molecular weight excluding hydrogens is 394 g/mol. The monoisotopic (exact) mass is 422 g/mol. The molecule has 2 aliphatic rings. The maximum Gasteiger partial charge on any atom is 0.217 e. The Hall–Kier alpha value is -2.35. The van der Waals surface area contributed by atoms with Crippen molar-refractivity contribution in [2.75, 3.05) is 31.3 Å². The summed E-state index contributed by atoms with van der Waals surface area (Å²) in [5.41, 5.74) is 3.51. The van der Waals surface area contributed by atoms with Gasteiger partial charge >= 0.3 is 0 Å². The number of rotatable bonds is 7. The Balaban J connectivity index is 1.22. The quantitative estimate of drug-likeness (QED) is 0.593. The Morgan fingerprint density at radius 3 is 2.57 bits per heavy atom. The van der Waals surface area contributed by atoms with Gasteiger partial charge in [-0.15, -0.1) is 5.10 Å². The molecule has 30 heavy (non-hydrogen) atoms. The maximum atomic E-state index is 6.30. The number of benzene rings is 2. The molecule has 156 valence electrons. The molecular formula is C23H28N5OS+. The highest BCUT2D eigenvalue weighted by molar-refractivity contribution is 7.99. The lowest BCUT2D eigenvalue weighted by atomic mass is 10.2. The third-order valence-corrected chi connectivity index (χ3v) is 6.61. The van der Waals surface area contributed by atoms with E-state index in [4.69, 9.17) is 14.8 Å². The molecule has 1 saturated heterocycles. The molecule has 5 rings (SSSR count). The number of nitrogens with zero attached hydrogens (tertiary/aromatic N) is 4. The number of quaternary nitrogens is 1. The van der Waals surface area contributed by atoms with Gasteiger partial charge in [0, 0.05) is 37.0 Å². The van der Waals surface area contributed by atoms with Crippen LogP contribution in [0.2, 0.25) is 0 Å². The first-order chi connectivity index (χ1) is 14.7. The standard InChI is InChI=1S/C23H27N5OS/c1-27(2)18-12-10-17(11-13-18)22-24-14-20(29-22)15-30-23-25-21(16-8-9-16)28(26-23)19-6-4-3-5-7-19/h3-7,10-13,16,20,22,24H,8-9,14-15H2,1-2H3/p+1/t20-,22+/m1/s1. The Morgan fingerprint density at radius 1 is 1.10 bits per heavy atom. The average Bonchev–Trinajstić information content (AvgIpc) is 3.35. The minimum atomic E-state index is 0.0728. The fourth-order valence-electron chi connectivity index (χ4n) is 3.78. The van der Waals surface area contributed by atoms with Crippen molar-refractivity contribution in [3.63, 3.8) is 0 Å². The van der Waals surface area contributed by atoms with E-state index in [1.165, 1.54) is 24.1 Å². The summed E-state index contributed by atoms with van der Waals surface area (Å²) >= 11 is 1.70. The first kappa shape index (κ1) is 19.6. The molecule has 2 heterocycles. The van der Waals surface area contributed by atoms with E-state index in [0.29, 0.717) is 5.92 Å². The highest BCUT2D eigenvalue weighted by atomic mass is 32.2. The lowest BCUT2D eigenvalue weighted by Gasteiger charge is -2.14. The number of hydrogen-bond donors (Lipinski definition) is 1. The highest BCUT2D eigenvalue weighted by Gasteiger charge is 2.32. The molecule has 2 fully saturated rings. The highest BCUT2D eigenvalue weighted by Crippen LogP contribution is 2.40. The van der Waals surface area contributed by atoms with Gasteiger partial charge in [0.1, 0.15) is 18.5 Å². The van der Waals surface area contributed by atoms with Crippen molar-refractivity contribution in [2.45, 2.75) is 36.2 Å². The van der Waals surface area contributed by atoms with Crippen LogP contribution in [0, 0.1) is 0 Å². The normalized spacial score (nSPS) is 21.1. The molecule has 1 aliphatic carbocycles. The van der Waals surface area contributed by atoms with E-state index in [-0.39, 0.29) is 12.3 Å². The van der Waals surface area contributed by atoms with Crippen LogP contribution >= 0.6 is 11.8 Å². The van der Waals surface area contributed by atoms with Crippen molar-refractivity contribution in [2.24, 2.45) is 0 Å². The Bertz CT molecular complexity index is 985. The third kappa shape index (κ3) is 4.24. The molecule has 2 N–H and O–H groups in total. The van der Waals surface area contributed by atoms with Gasteiger partial charge in [-0.25, -0.2) is 9.67 Å². The van der Waals surface area contributed by atoms with Crippen LogP contribution < -0.4 is 10.2 Å². The minimum absolute atomic E-state index is 0.0728. The summed E-state index contributed by atoms with van der Waals surface area (Å²) in [4.78, 5) is 6.97. The Kier molecular flexibility index (Phi) is 5.50. The number of hydrogen-bond acceptors (Lipinski definition) is 5. The second-order valence-electron chi connectivity index (χ2n) is 8.22. The summed E-state index contributed by atoms with van der Waals surface area (Å²) in [5.74, 6) is 2.52. The zero-order valence-corrected chi connectivity index (χ0v) is 18.3. The molecule has 0 unspecified atom stereocenters. The summed E-state index contributed by atoms with van der Waals surface area (Å²) < 4.78 is 8.32. The van der Waals surface area contributed by atoms with E-state index < -0.39 is 0 Å². The van der Waals surface area contributed by atoms with Crippen molar-refractivity contribution in [3.05, 3.63) is 66.0 Å². The summed E-state index contributed by atoms with van der Waals surface area (Å²) in [6.07, 6.45) is 2.69. The SMILES string of the molecule is CN(C)c1ccc([C@H]2[NH2+]C[C@H](CSc3nc(C4CC4)n(-c4ccccc4)n3)O2)cc1. The number of aromatic nitrogens is 3. The van der Waals surface area contributed by atoms with Crippen molar-refractivity contribution in [1.29, 1.82) is 0 Å². The van der Waals surface area contributed by atoms with Gasteiger partial charge in [0.05, 0.1) is 5.69 Å². The molecule has 3 aromatic rings. The summed E-state index contributed by atoms with van der Waals surface area (Å²) in [6, 6.07) is 18.9. The van der Waals surface area contributed by atoms with Crippen LogP contribution in [0.1, 0.15) is 36.4 Å². The van der Waals surface area contributed by atoms with Crippen molar-refractivity contribution in [1.82, 2.24) is 14.8 Å². The number of para-hydroxylation sites is 1. The van der Waals surface area contributed by atoms with Crippen LogP contribution in [0.25, 0.3) is 5.69 Å². The molecule has 0 spiro atoms. The van der Waals surface area contributed by atoms with Gasteiger partial charge in [-0.05, 0) is 49.2 Å². The Labute approximate surface area is 181 Å². The molecule has 0 bridgehead atoms. The predicted molar refractivity (Wildman–Crippen MR) is 119 cm³/mol. The van der Waals surface area contributed by atoms with Gasteiger partial charge in [0.25, 0.3) is 0 Å². The maximum absolute atomic E-state index is 6.30. The van der Waals surface area contributed by atoms with Crippen molar-refractivity contribution < 1.29 is 10.1 Å². The number of anilines is 1. The second kappa shape index (κ2) is 8.41. The molecule has 0 amide bonds. The van der Waals surface area contributed by atoms with Crippen LogP contribution in [0.3, 0.4) is 0 Å². The van der Waals surface area contributed by atoms with Gasteiger partial charge in [-0.2, -0.15) is 0 Å². The molecule has 1 aromatic heterocycles. The lowest BCUT2D eigenvalue weighted by Crippen LogP contribution is -2.82. The van der Waals surface area contributed by atoms with Crippen molar-refractivity contribution in [3.8, 4) is 5.69 Å². The third-order valence-electron chi connectivity index (χ3n) is 5.64. The average molecular weight is 423 g/mol. The molecule has 7 heteroatoms. The van der Waals surface area contributed by atoms with E-state index in [1.807, 2.05) is 22.9 Å². The van der Waals surface area contributed by atoms with Gasteiger partial charge in [0.15, 0.2) is 0 Å². The zero-order valence-electron chi connectivity index (χ0n) is 17.4. The van der Waals surface area contributed by atoms with Crippen LogP contribution in [0.15, 0.2) is 59.8 Å². The second-order valence-corrected chi connectivity index (χ2v) is 9.21. The molecule has 0 radical (unpaired) electrons. The lowest BCUT2D eigenvalue weighted by molar-refractivity contribution is -0.697. The fourth-order valence-corrected chi connectivity index (χ4v) is 4.62. The topological polar surface area (TPSA) is 59.8 Å². The number of nitrogens with two attached hydrogens (primary N) is 1. The van der Waals surface area contributed by atoms with Crippen LogP contribution in [0.5, 0.6) is 0 Å². The van der Waals surface area contributed by atoms with Gasteiger partial charge in [-0.1, -0.05) is 30.0 Å². The van der Waals surface area contributed by atoms with Crippen molar-refractivity contribution >= 4 is 17.4 Å². The van der Waals surface area contributed by atoms with Crippen LogP contribution in [-0.4, -0.2) is 47.3 Å². The molecule has 2 atom stereocenters. The van der Waals surface area contributed by atoms with Gasteiger partial charge in [-0.3, -0.25) is 0 Å². The first-order valence-electron chi connectivity index (χ1n) is 10.6. The van der Waals surface area contributed by atoms with E-state index in [1.54, 1.807) is 11.8 Å². The molecule has 1 saturated carbocycles. The molecule has 1 aliphatic heterocycles. The van der Waals surface area contributed by atoms with Crippen LogP contribution in [0.4, 0.5) is 5.69 Å². The predicted octanol–water partition coefficient (Wildman–Crippen LogP) is 2.96. The zero-order chi connectivity index (χ0) is 20.5. The van der Waals surface area contributed by atoms with E-state index in [0.717, 1.165) is 29.0 Å². The minimum Gasteiger partial charge on any atom is -0.378 e. The van der Waals surface area contributed by atoms with E-state index in [9.17, 15) is 0 Å². The van der Waals surface area contributed by atoms with Gasteiger partial charge < -0.3 is 15.0 Å². The first-order valence-corrected chi connectivity index (χ1v) is 11.6. The van der Waals surface area contributed by atoms with E-state index >= 15 is 0 Å². The van der Waals surface area contributed by atoms with E-state index in [2.05, 4.69) is 60.7 Å². The number of ether oxygens (including phenoxy) is 1. The van der Waals surface area contributed by atoms with Gasteiger partial charge in [0.2, 0.25) is 11.4 Å². The smallest absolute Gasteiger partial charge is 0.217 e. The molecule has 6 nitrogen and oxygen atoms in total. The largest absolute Gasteiger partial charge is 0.378 e. The Morgan fingerprint density at radius 2 is 1.87 bits per heavy atom. The summed E-state index contributed by atoms with van der Waals surface area (Å²) in [6.45, 7) is 0.960. The van der Waals surface area contributed by atoms with Crippen LogP contribution in [-0.2, 0) is 4.74 Å². The fraction of sp³-hybridized carbons (Fsp3) is 0.391. The summed E-state index contributed by atoms with van der Waals surface area (Å²) in [5, 5.41) is 7.93. The summed E-state index contributed by atoms with van der Waals surface area (Å²) in [7, 11) is 4.12.